The van der Waals surface area contributed by atoms with E-state index >= 15 is 0 Å². The van der Waals surface area contributed by atoms with Crippen LogP contribution in [0.25, 0.3) is 0 Å². The van der Waals surface area contributed by atoms with Gasteiger partial charge in [0.15, 0.2) is 0 Å². The van der Waals surface area contributed by atoms with Gasteiger partial charge in [0.25, 0.3) is 0 Å². The van der Waals surface area contributed by atoms with E-state index in [9.17, 15) is 4.21 Å². The minimum atomic E-state index is -1.06. The van der Waals surface area contributed by atoms with Crippen molar-refractivity contribution in [3.8, 4) is 0 Å². The van der Waals surface area contributed by atoms with Gasteiger partial charge in [0.05, 0.1) is 0 Å². The molecule has 0 amide bonds. The quantitative estimate of drug-likeness (QED) is 0.528. The van der Waals surface area contributed by atoms with E-state index in [1.54, 1.807) is 5.75 Å². The topological polar surface area (TPSA) is 17.1 Å². The fourth-order valence-corrected chi connectivity index (χ4v) is 2.24. The van der Waals surface area contributed by atoms with Crippen molar-refractivity contribution in [2.75, 3.05) is 0 Å². The number of rotatable bonds is 3. The summed E-state index contributed by atoms with van der Waals surface area (Å²) in [6, 6.07) is 19.2. The third-order valence-electron chi connectivity index (χ3n) is 2.02. The molecule has 2 rings (SSSR count). The Morgan fingerprint density at radius 3 is 1.88 bits per heavy atom. The first-order chi connectivity index (χ1) is 7.36. The summed E-state index contributed by atoms with van der Waals surface area (Å²) in [5, 5.41) is 0. The molecule has 0 aliphatic rings. The van der Waals surface area contributed by atoms with Crippen LogP contribution >= 0.6 is 0 Å². The van der Waals surface area contributed by atoms with Crippen molar-refractivity contribution in [3.05, 3.63) is 72.0 Å². The molecule has 2 aromatic rings. The van der Waals surface area contributed by atoms with E-state index in [1.165, 1.54) is 0 Å². The van der Waals surface area contributed by atoms with E-state index < -0.39 is 10.8 Å². The molecule has 0 aliphatic heterocycles. The van der Waals surface area contributed by atoms with Crippen molar-refractivity contribution in [1.29, 1.82) is 0 Å². The number of benzene rings is 2. The van der Waals surface area contributed by atoms with Gasteiger partial charge in [-0.15, -0.1) is 12.1 Å². The molecular weight excluding hydrogens is 211 g/mol. The fraction of sp³-hybridized carbons (Fsp3) is 0. The number of hydrogen-bond acceptors (Lipinski definition) is 1. The summed E-state index contributed by atoms with van der Waals surface area (Å²) in [6.45, 7) is 0. The van der Waals surface area contributed by atoms with Gasteiger partial charge in [-0.2, -0.15) is 17.7 Å². The Labute approximate surface area is 111 Å². The Balaban J connectivity index is 0.00000128. The van der Waals surface area contributed by atoms with E-state index in [4.69, 9.17) is 0 Å². The molecule has 0 spiro atoms. The predicted octanol–water partition coefficient (Wildman–Crippen LogP) is 0.00829. The molecule has 16 heavy (non-hydrogen) atoms. The maximum Gasteiger partial charge on any atom is 1.00 e. The zero-order valence-corrected chi connectivity index (χ0v) is 9.98. The third-order valence-corrected chi connectivity index (χ3v) is 3.24. The summed E-state index contributed by atoms with van der Waals surface area (Å²) in [5.41, 5.74) is 0.986. The molecule has 1 unspecified atom stereocenters. The molecule has 1 nitrogen and oxygen atoms in total. The Bertz CT molecular complexity index is 442. The average Bonchev–Trinajstić information content (AvgIpc) is 2.31. The smallest absolute Gasteiger partial charge is 0.263 e. The summed E-state index contributed by atoms with van der Waals surface area (Å²) < 4.78 is 11.9. The molecule has 1 atom stereocenters. The van der Waals surface area contributed by atoms with Gasteiger partial charge < -0.3 is 0 Å². The van der Waals surface area contributed by atoms with Crippen LogP contribution in [0.15, 0.2) is 65.6 Å². The second kappa shape index (κ2) is 6.60. The second-order valence-corrected chi connectivity index (χ2v) is 4.44. The molecular formula is C13H11LiOS. The molecule has 0 saturated carbocycles. The van der Waals surface area contributed by atoms with Crippen LogP contribution in [0.3, 0.4) is 0 Å². The Kier molecular flexibility index (Phi) is 5.41. The van der Waals surface area contributed by atoms with Gasteiger partial charge in [0.2, 0.25) is 0 Å². The van der Waals surface area contributed by atoms with Gasteiger partial charge in [0, 0.05) is 15.7 Å². The van der Waals surface area contributed by atoms with Crippen LogP contribution in [0.4, 0.5) is 0 Å². The van der Waals surface area contributed by atoms with E-state index in [0.29, 0.717) is 0 Å². The molecule has 3 heteroatoms. The predicted molar refractivity (Wildman–Crippen MR) is 62.7 cm³/mol. The van der Waals surface area contributed by atoms with Crippen molar-refractivity contribution >= 4 is 10.8 Å². The monoisotopic (exact) mass is 222 g/mol. The summed E-state index contributed by atoms with van der Waals surface area (Å²) in [6.07, 6.45) is 0. The summed E-state index contributed by atoms with van der Waals surface area (Å²) in [5.74, 6) is 1.76. The largest absolute Gasteiger partial charge is 1.00 e. The summed E-state index contributed by atoms with van der Waals surface area (Å²) >= 11 is 0. The van der Waals surface area contributed by atoms with Gasteiger partial charge in [-0.1, -0.05) is 30.0 Å². The van der Waals surface area contributed by atoms with E-state index in [2.05, 4.69) is 0 Å². The molecule has 0 saturated heterocycles. The molecule has 0 aliphatic carbocycles. The van der Waals surface area contributed by atoms with E-state index in [1.807, 2.05) is 60.7 Å². The SMILES string of the molecule is O=S([CH-]c1ccccc1)c1ccccc1.[Li+]. The van der Waals surface area contributed by atoms with E-state index in [0.717, 1.165) is 10.5 Å². The van der Waals surface area contributed by atoms with Crippen LogP contribution in [-0.2, 0) is 10.8 Å². The standard InChI is InChI=1S/C13H11OS.Li/c14-15(13-9-5-2-6-10-13)11-12-7-3-1-4-8-12;/h1-11H;/q-1;+1. The molecule has 0 aromatic heterocycles. The Morgan fingerprint density at radius 1 is 0.812 bits per heavy atom. The average molecular weight is 222 g/mol. The molecule has 0 fully saturated rings. The van der Waals surface area contributed by atoms with Gasteiger partial charge in [-0.05, 0) is 12.1 Å². The zero-order valence-electron chi connectivity index (χ0n) is 9.17. The molecule has 0 bridgehead atoms. The van der Waals surface area contributed by atoms with Crippen molar-refractivity contribution in [2.24, 2.45) is 0 Å². The molecule has 0 N–H and O–H groups in total. The Hall–Kier alpha value is -0.943. The first-order valence-electron chi connectivity index (χ1n) is 4.72. The second-order valence-electron chi connectivity index (χ2n) is 3.14. The van der Waals surface area contributed by atoms with Crippen LogP contribution in [0.2, 0.25) is 0 Å². The third kappa shape index (κ3) is 3.57. The molecule has 76 valence electrons. The van der Waals surface area contributed by atoms with Crippen LogP contribution in [-0.4, -0.2) is 4.21 Å². The van der Waals surface area contributed by atoms with Gasteiger partial charge in [-0.3, -0.25) is 4.21 Å². The zero-order chi connectivity index (χ0) is 10.5. The van der Waals surface area contributed by atoms with Crippen LogP contribution in [0.5, 0.6) is 0 Å². The van der Waals surface area contributed by atoms with Crippen molar-refractivity contribution < 1.29 is 23.1 Å². The van der Waals surface area contributed by atoms with Crippen LogP contribution in [0, 0.1) is 5.75 Å². The van der Waals surface area contributed by atoms with Gasteiger partial charge in [0.1, 0.15) is 0 Å². The Morgan fingerprint density at radius 2 is 1.31 bits per heavy atom. The molecule has 2 aromatic carbocycles. The van der Waals surface area contributed by atoms with Crippen molar-refractivity contribution in [2.45, 2.75) is 4.90 Å². The van der Waals surface area contributed by atoms with Crippen molar-refractivity contribution in [1.82, 2.24) is 0 Å². The van der Waals surface area contributed by atoms with Gasteiger partial charge >= 0.3 is 18.9 Å². The normalized spacial score (nSPS) is 11.2. The molecule has 0 heterocycles. The van der Waals surface area contributed by atoms with Crippen molar-refractivity contribution in [3.63, 3.8) is 0 Å². The van der Waals surface area contributed by atoms with E-state index in [-0.39, 0.29) is 18.9 Å². The first kappa shape index (κ1) is 13.1. The number of hydrogen-bond donors (Lipinski definition) is 0. The maximum atomic E-state index is 11.9. The van der Waals surface area contributed by atoms with Gasteiger partial charge in [-0.25, -0.2) is 0 Å². The summed E-state index contributed by atoms with van der Waals surface area (Å²) in [4.78, 5) is 0.835. The van der Waals surface area contributed by atoms with Crippen LogP contribution < -0.4 is 18.9 Å². The minimum absolute atomic E-state index is 0. The maximum absolute atomic E-state index is 11.9. The fourth-order valence-electron chi connectivity index (χ4n) is 1.28. The summed E-state index contributed by atoms with van der Waals surface area (Å²) in [7, 11) is -1.06. The molecule has 0 radical (unpaired) electrons. The first-order valence-corrected chi connectivity index (χ1v) is 5.93. The minimum Gasteiger partial charge on any atom is -0.263 e. The van der Waals surface area contributed by atoms with Crippen LogP contribution in [0.1, 0.15) is 5.56 Å².